The van der Waals surface area contributed by atoms with E-state index in [1.54, 1.807) is 4.90 Å². The van der Waals surface area contributed by atoms with Gasteiger partial charge in [0.05, 0.1) is 12.6 Å². The lowest BCUT2D eigenvalue weighted by Crippen LogP contribution is -2.69. The van der Waals surface area contributed by atoms with E-state index in [4.69, 9.17) is 16.2 Å². The lowest BCUT2D eigenvalue weighted by Gasteiger charge is -2.47. The molecule has 0 aliphatic carbocycles. The first kappa shape index (κ1) is 59.2. The lowest BCUT2D eigenvalue weighted by molar-refractivity contribution is -0.231. The third kappa shape index (κ3) is 28.7. The summed E-state index contributed by atoms with van der Waals surface area (Å²) in [5.41, 5.74) is 11.6. The van der Waals surface area contributed by atoms with Crippen molar-refractivity contribution in [3.8, 4) is 0 Å². The third-order valence-electron chi connectivity index (χ3n) is 13.1. The number of aliphatic hydroxyl groups is 3. The Labute approximate surface area is 386 Å². The number of nitrogens with two attached hydrogens (primary N) is 2. The van der Waals surface area contributed by atoms with Gasteiger partial charge in [-0.1, -0.05) is 206 Å². The molecule has 0 bridgehead atoms. The highest BCUT2D eigenvalue weighted by Crippen LogP contribution is 2.26. The smallest absolute Gasteiger partial charge is 0.242 e. The van der Waals surface area contributed by atoms with Crippen molar-refractivity contribution < 1.29 is 34.4 Å². The Kier molecular flexibility index (Phi) is 38.0. The summed E-state index contributed by atoms with van der Waals surface area (Å²) in [6, 6.07) is -3.01. The van der Waals surface area contributed by atoms with E-state index < -0.39 is 61.1 Å². The van der Waals surface area contributed by atoms with Crippen LogP contribution in [0.4, 0.5) is 0 Å². The van der Waals surface area contributed by atoms with Gasteiger partial charge in [-0.2, -0.15) is 0 Å². The maximum atomic E-state index is 14.1. The summed E-state index contributed by atoms with van der Waals surface area (Å²) in [5.74, 6) is -1.22. The number of aliphatic hydroxyl groups excluding tert-OH is 3. The van der Waals surface area contributed by atoms with Gasteiger partial charge >= 0.3 is 0 Å². The number of ether oxygens (including phenoxy) is 1. The van der Waals surface area contributed by atoms with Gasteiger partial charge < -0.3 is 47.1 Å². The molecule has 372 valence electrons. The molecule has 9 N–H and O–H groups in total. The zero-order valence-corrected chi connectivity index (χ0v) is 41.0. The summed E-state index contributed by atoms with van der Waals surface area (Å²) < 4.78 is 6.19. The van der Waals surface area contributed by atoms with Crippen molar-refractivity contribution in [3.63, 3.8) is 0 Å². The van der Waals surface area contributed by atoms with Crippen LogP contribution in [0.25, 0.3) is 0 Å². The Morgan fingerprint density at radius 3 is 1.41 bits per heavy atom. The number of carbonyl (C=O) groups is 3. The summed E-state index contributed by atoms with van der Waals surface area (Å²) in [5, 5.41) is 37.9. The van der Waals surface area contributed by atoms with Gasteiger partial charge in [0.25, 0.3) is 0 Å². The van der Waals surface area contributed by atoms with E-state index in [0.717, 1.165) is 57.8 Å². The summed E-state index contributed by atoms with van der Waals surface area (Å²) in [4.78, 5) is 42.0. The average molecular weight is 896 g/mol. The first-order valence-corrected chi connectivity index (χ1v) is 26.6. The van der Waals surface area contributed by atoms with Crippen molar-refractivity contribution in [2.45, 2.75) is 288 Å². The summed E-state index contributed by atoms with van der Waals surface area (Å²) in [6.45, 7) is 6.34. The molecule has 0 radical (unpaired) electrons. The van der Waals surface area contributed by atoms with Crippen molar-refractivity contribution in [1.82, 2.24) is 15.5 Å². The second-order valence-electron chi connectivity index (χ2n) is 19.0. The summed E-state index contributed by atoms with van der Waals surface area (Å²) >= 11 is 0. The second-order valence-corrected chi connectivity index (χ2v) is 19.0. The highest BCUT2D eigenvalue weighted by atomic mass is 16.5. The minimum absolute atomic E-state index is 0.139. The van der Waals surface area contributed by atoms with E-state index >= 15 is 0 Å². The number of nitrogens with one attached hydrogen (secondary N) is 2. The molecular weight excluding hydrogens is 795 g/mol. The third-order valence-corrected chi connectivity index (χ3v) is 13.1. The number of unbranched alkanes of at least 4 members (excludes halogenated alkanes) is 30. The van der Waals surface area contributed by atoms with Crippen LogP contribution in [0.15, 0.2) is 0 Å². The van der Waals surface area contributed by atoms with Crippen LogP contribution >= 0.6 is 0 Å². The van der Waals surface area contributed by atoms with Gasteiger partial charge in [-0.3, -0.25) is 14.4 Å². The van der Waals surface area contributed by atoms with E-state index in [1.165, 1.54) is 155 Å². The number of nitrogens with zero attached hydrogens (tertiary/aromatic N) is 1. The number of carbonyl (C=O) groups excluding carboxylic acids is 3. The Hall–Kier alpha value is -1.83. The molecule has 0 saturated carbocycles. The van der Waals surface area contributed by atoms with Gasteiger partial charge in [-0.25, -0.2) is 0 Å². The van der Waals surface area contributed by atoms with Crippen molar-refractivity contribution in [2.75, 3.05) is 19.7 Å². The highest BCUT2D eigenvalue weighted by Gasteiger charge is 2.48. The molecule has 0 aromatic rings. The number of hydrogen-bond acceptors (Lipinski definition) is 9. The van der Waals surface area contributed by atoms with Gasteiger partial charge in [0.2, 0.25) is 17.7 Å². The van der Waals surface area contributed by atoms with Crippen LogP contribution in [0.5, 0.6) is 0 Å². The molecule has 1 saturated heterocycles. The molecule has 1 fully saturated rings. The zero-order chi connectivity index (χ0) is 46.3. The molecule has 1 rings (SSSR count). The molecule has 63 heavy (non-hydrogen) atoms. The number of amides is 3. The minimum Gasteiger partial charge on any atom is -0.394 e. The fraction of sp³-hybridized carbons (Fsp3) is 0.941. The van der Waals surface area contributed by atoms with E-state index in [2.05, 4.69) is 24.5 Å². The second kappa shape index (κ2) is 40.4. The standard InChI is InChI=1S/C51H101N5O7/c1-4-6-8-10-12-14-16-18-20-22-24-26-28-30-32-36-40-56(45(58)38-33-31-29-27-25-23-21-19-17-15-13-11-9-7-5-2)51-46(48(60)47(59)44(41-57)63-51)55-49(61)42(3)54-50(62)43(53)37-34-35-39-52/h42-44,46-48,51,57,59-60H,4-41,52-53H2,1-3H3,(H,54,62)(H,55,61)/t42-,43-,44+,46+,47+,48+,51+/m0/s1. The van der Waals surface area contributed by atoms with E-state index in [-0.39, 0.29) is 5.91 Å². The van der Waals surface area contributed by atoms with Crippen LogP contribution in [0, 0.1) is 0 Å². The van der Waals surface area contributed by atoms with Crippen LogP contribution < -0.4 is 22.1 Å². The molecule has 1 aliphatic rings. The quantitative estimate of drug-likeness (QED) is 0.0292. The molecule has 0 spiro atoms. The first-order valence-electron chi connectivity index (χ1n) is 26.6. The normalized spacial score (nSPS) is 19.8. The molecular formula is C51H101N5O7. The number of rotatable bonds is 43. The van der Waals surface area contributed by atoms with Crippen molar-refractivity contribution in [2.24, 2.45) is 11.5 Å². The predicted octanol–water partition coefficient (Wildman–Crippen LogP) is 9.22. The SMILES string of the molecule is CCCCCCCCCCCCCCCCCCN(C(=O)CCCCCCCCCCCCCCCCC)[C@@H]1O[C@H](CO)[C@@H](O)[C@H](O)[C@H]1NC(=O)[C@H](C)NC(=O)[C@@H](N)CCCCN. The topological polar surface area (TPSA) is 200 Å². The van der Waals surface area contributed by atoms with Gasteiger partial charge in [0.1, 0.15) is 30.4 Å². The average Bonchev–Trinajstić information content (AvgIpc) is 3.27. The maximum Gasteiger partial charge on any atom is 0.242 e. The van der Waals surface area contributed by atoms with Crippen LogP contribution in [-0.2, 0) is 19.1 Å². The maximum absolute atomic E-state index is 14.1. The molecule has 0 aromatic heterocycles. The monoisotopic (exact) mass is 896 g/mol. The van der Waals surface area contributed by atoms with E-state index in [1.807, 2.05) is 0 Å². The van der Waals surface area contributed by atoms with Gasteiger partial charge in [0, 0.05) is 13.0 Å². The molecule has 12 heteroatoms. The minimum atomic E-state index is -1.53. The fourth-order valence-electron chi connectivity index (χ4n) is 8.85. The van der Waals surface area contributed by atoms with E-state index in [0.29, 0.717) is 32.4 Å². The van der Waals surface area contributed by atoms with Gasteiger partial charge in [-0.15, -0.1) is 0 Å². The predicted molar refractivity (Wildman–Crippen MR) is 259 cm³/mol. The Morgan fingerprint density at radius 2 is 1.00 bits per heavy atom. The van der Waals surface area contributed by atoms with Gasteiger partial charge in [0.15, 0.2) is 6.23 Å². The molecule has 3 amide bonds. The Bertz CT molecular complexity index is 1100. The van der Waals surface area contributed by atoms with Crippen LogP contribution in [0.2, 0.25) is 0 Å². The van der Waals surface area contributed by atoms with Crippen LogP contribution in [-0.4, -0.2) is 100 Å². The van der Waals surface area contributed by atoms with Crippen molar-refractivity contribution in [1.29, 1.82) is 0 Å². The summed E-state index contributed by atoms with van der Waals surface area (Å²) in [6.07, 6.45) is 35.1. The Balaban J connectivity index is 2.78. The molecule has 7 atom stereocenters. The Morgan fingerprint density at radius 1 is 0.587 bits per heavy atom. The largest absolute Gasteiger partial charge is 0.394 e. The molecule has 0 aromatic carbocycles. The fourth-order valence-corrected chi connectivity index (χ4v) is 8.85. The molecule has 0 unspecified atom stereocenters. The first-order chi connectivity index (χ1) is 30.6. The van der Waals surface area contributed by atoms with Crippen LogP contribution in [0.1, 0.15) is 245 Å². The molecule has 1 heterocycles. The van der Waals surface area contributed by atoms with Crippen molar-refractivity contribution in [3.05, 3.63) is 0 Å². The zero-order valence-electron chi connectivity index (χ0n) is 41.0. The highest BCUT2D eigenvalue weighted by molar-refractivity contribution is 5.89. The number of hydrogen-bond donors (Lipinski definition) is 7. The van der Waals surface area contributed by atoms with Crippen molar-refractivity contribution >= 4 is 17.7 Å². The molecule has 12 nitrogen and oxygen atoms in total. The van der Waals surface area contributed by atoms with Crippen LogP contribution in [0.3, 0.4) is 0 Å². The molecule has 1 aliphatic heterocycles. The van der Waals surface area contributed by atoms with Gasteiger partial charge in [-0.05, 0) is 39.2 Å². The lowest BCUT2D eigenvalue weighted by atomic mass is 9.94. The van der Waals surface area contributed by atoms with E-state index in [9.17, 15) is 29.7 Å². The summed E-state index contributed by atoms with van der Waals surface area (Å²) in [7, 11) is 0.